The first-order valence-electron chi connectivity index (χ1n) is 9.11. The summed E-state index contributed by atoms with van der Waals surface area (Å²) in [5.41, 5.74) is 1.23. The van der Waals surface area contributed by atoms with Crippen molar-refractivity contribution in [3.8, 4) is 6.07 Å². The molecule has 7 nitrogen and oxygen atoms in total. The standard InChI is InChI=1S/C20H24N4O3/c1-12(2)18(25)15-6-5-14-16(22-15)17(13(11-21)19(26)23-14)24-9-7-20(3,27-4)8-10-24/h5-6,12H,7-10H2,1-4H3,(H,23,26). The van der Waals surface area contributed by atoms with Crippen LogP contribution in [0.25, 0.3) is 11.0 Å². The minimum Gasteiger partial charge on any atom is -0.378 e. The van der Waals surface area contributed by atoms with Gasteiger partial charge in [0.05, 0.1) is 16.8 Å². The Hall–Kier alpha value is -2.72. The zero-order valence-electron chi connectivity index (χ0n) is 16.1. The number of ether oxygens (including phenoxy) is 1. The van der Waals surface area contributed by atoms with Crippen LogP contribution in [0.3, 0.4) is 0 Å². The highest BCUT2D eigenvalue weighted by Gasteiger charge is 2.32. The van der Waals surface area contributed by atoms with Crippen LogP contribution < -0.4 is 10.5 Å². The van der Waals surface area contributed by atoms with Gasteiger partial charge in [0.25, 0.3) is 5.56 Å². The van der Waals surface area contributed by atoms with Crippen molar-refractivity contribution < 1.29 is 9.53 Å². The van der Waals surface area contributed by atoms with Gasteiger partial charge in [0.15, 0.2) is 5.78 Å². The molecular weight excluding hydrogens is 344 g/mol. The number of anilines is 1. The molecule has 0 aromatic carbocycles. The summed E-state index contributed by atoms with van der Waals surface area (Å²) in [6, 6.07) is 5.33. The molecule has 0 radical (unpaired) electrons. The number of H-pyrrole nitrogens is 1. The maximum absolute atomic E-state index is 12.4. The molecule has 1 fully saturated rings. The molecular formula is C20H24N4O3. The Morgan fingerprint density at radius 1 is 1.37 bits per heavy atom. The van der Waals surface area contributed by atoms with Crippen molar-refractivity contribution in [2.24, 2.45) is 5.92 Å². The van der Waals surface area contributed by atoms with Gasteiger partial charge >= 0.3 is 0 Å². The molecule has 0 unspecified atom stereocenters. The highest BCUT2D eigenvalue weighted by Crippen LogP contribution is 2.32. The van der Waals surface area contributed by atoms with Gasteiger partial charge in [-0.3, -0.25) is 9.59 Å². The van der Waals surface area contributed by atoms with Crippen LogP contribution in [-0.2, 0) is 4.74 Å². The first-order chi connectivity index (χ1) is 12.8. The smallest absolute Gasteiger partial charge is 0.268 e. The largest absolute Gasteiger partial charge is 0.378 e. The minimum atomic E-state index is -0.440. The van der Waals surface area contributed by atoms with E-state index in [0.29, 0.717) is 35.5 Å². The maximum Gasteiger partial charge on any atom is 0.268 e. The van der Waals surface area contributed by atoms with E-state index < -0.39 is 5.56 Å². The van der Waals surface area contributed by atoms with Gasteiger partial charge in [-0.25, -0.2) is 4.98 Å². The zero-order chi connectivity index (χ0) is 19.8. The van der Waals surface area contributed by atoms with Crippen LogP contribution in [0.4, 0.5) is 5.69 Å². The quantitative estimate of drug-likeness (QED) is 0.833. The summed E-state index contributed by atoms with van der Waals surface area (Å²) in [4.78, 5) is 34.1. The van der Waals surface area contributed by atoms with E-state index in [0.717, 1.165) is 12.8 Å². The fourth-order valence-corrected chi connectivity index (χ4v) is 3.40. The number of Topliss-reactive ketones (excluding diaryl/α,β-unsaturated/α-hetero) is 1. The molecule has 27 heavy (non-hydrogen) atoms. The van der Waals surface area contributed by atoms with Gasteiger partial charge in [-0.15, -0.1) is 0 Å². The molecule has 1 aliphatic heterocycles. The second-order valence-electron chi connectivity index (χ2n) is 7.54. The fourth-order valence-electron chi connectivity index (χ4n) is 3.40. The summed E-state index contributed by atoms with van der Waals surface area (Å²) in [5.74, 6) is -0.257. The Balaban J connectivity index is 2.17. The van der Waals surface area contributed by atoms with E-state index in [1.165, 1.54) is 0 Å². The Morgan fingerprint density at radius 2 is 2.04 bits per heavy atom. The number of methoxy groups -OCH3 is 1. The number of ketones is 1. The number of nitrogens with zero attached hydrogens (tertiary/aromatic N) is 3. The molecule has 0 amide bonds. The summed E-state index contributed by atoms with van der Waals surface area (Å²) >= 11 is 0. The summed E-state index contributed by atoms with van der Waals surface area (Å²) < 4.78 is 5.59. The molecule has 0 spiro atoms. The predicted octanol–water partition coefficient (Wildman–Crippen LogP) is 2.64. The molecule has 0 aliphatic carbocycles. The molecule has 1 N–H and O–H groups in total. The molecule has 7 heteroatoms. The lowest BCUT2D eigenvalue weighted by Crippen LogP contribution is -2.44. The van der Waals surface area contributed by atoms with Crippen LogP contribution in [0.2, 0.25) is 0 Å². The first kappa shape index (κ1) is 19.1. The normalized spacial score (nSPS) is 16.5. The molecule has 1 aliphatic rings. The van der Waals surface area contributed by atoms with Crippen LogP contribution in [0.5, 0.6) is 0 Å². The predicted molar refractivity (Wildman–Crippen MR) is 103 cm³/mol. The third-order valence-corrected chi connectivity index (χ3v) is 5.35. The molecule has 2 aromatic heterocycles. The monoisotopic (exact) mass is 368 g/mol. The topological polar surface area (TPSA) is 99.1 Å². The number of hydrogen-bond acceptors (Lipinski definition) is 6. The van der Waals surface area contributed by atoms with Gasteiger partial charge in [0.1, 0.15) is 22.8 Å². The van der Waals surface area contributed by atoms with E-state index in [9.17, 15) is 14.9 Å². The van der Waals surface area contributed by atoms with Crippen LogP contribution in [0.1, 0.15) is 49.7 Å². The maximum atomic E-state index is 12.4. The highest BCUT2D eigenvalue weighted by atomic mass is 16.5. The van der Waals surface area contributed by atoms with Crippen molar-refractivity contribution in [2.45, 2.75) is 39.2 Å². The lowest BCUT2D eigenvalue weighted by atomic mass is 9.92. The second kappa shape index (κ2) is 7.12. The van der Waals surface area contributed by atoms with Crippen molar-refractivity contribution >= 4 is 22.5 Å². The number of aromatic nitrogens is 2. The molecule has 1 saturated heterocycles. The summed E-state index contributed by atoms with van der Waals surface area (Å²) in [7, 11) is 1.70. The van der Waals surface area contributed by atoms with Crippen LogP contribution in [0.15, 0.2) is 16.9 Å². The number of pyridine rings is 2. The van der Waals surface area contributed by atoms with Crippen molar-refractivity contribution in [1.29, 1.82) is 5.26 Å². The molecule has 3 rings (SSSR count). The van der Waals surface area contributed by atoms with Gasteiger partial charge in [-0.1, -0.05) is 13.8 Å². The molecule has 0 bridgehead atoms. The molecule has 142 valence electrons. The SMILES string of the molecule is COC1(C)CCN(c2c(C#N)c(=O)[nH]c3ccc(C(=O)C(C)C)nc23)CC1. The molecule has 2 aromatic rings. The van der Waals surface area contributed by atoms with Gasteiger partial charge in [-0.05, 0) is 31.9 Å². The van der Waals surface area contributed by atoms with E-state index in [4.69, 9.17) is 4.74 Å². The van der Waals surface area contributed by atoms with Gasteiger partial charge in [0.2, 0.25) is 0 Å². The number of carbonyl (C=O) groups excluding carboxylic acids is 1. The zero-order valence-corrected chi connectivity index (χ0v) is 16.1. The third kappa shape index (κ3) is 3.45. The van der Waals surface area contributed by atoms with Crippen molar-refractivity contribution in [2.75, 3.05) is 25.1 Å². The van der Waals surface area contributed by atoms with E-state index >= 15 is 0 Å². The van der Waals surface area contributed by atoms with E-state index in [-0.39, 0.29) is 22.9 Å². The second-order valence-corrected chi connectivity index (χ2v) is 7.54. The number of rotatable bonds is 4. The average Bonchev–Trinajstić information content (AvgIpc) is 2.66. The minimum absolute atomic E-state index is 0.0326. The Kier molecular flexibility index (Phi) is 5.03. The number of hydrogen-bond donors (Lipinski definition) is 1. The number of carbonyl (C=O) groups is 1. The van der Waals surface area contributed by atoms with E-state index in [1.807, 2.05) is 24.8 Å². The molecule has 0 saturated carbocycles. The average molecular weight is 368 g/mol. The lowest BCUT2D eigenvalue weighted by Gasteiger charge is -2.39. The summed E-state index contributed by atoms with van der Waals surface area (Å²) in [5, 5.41) is 9.59. The number of nitriles is 1. The number of piperidine rings is 1. The van der Waals surface area contributed by atoms with Gasteiger partial charge in [0, 0.05) is 26.1 Å². The van der Waals surface area contributed by atoms with Gasteiger partial charge < -0.3 is 14.6 Å². The van der Waals surface area contributed by atoms with Crippen LogP contribution >= 0.6 is 0 Å². The molecule has 0 atom stereocenters. The lowest BCUT2D eigenvalue weighted by molar-refractivity contribution is -0.0132. The Labute approximate surface area is 158 Å². The van der Waals surface area contributed by atoms with E-state index in [1.54, 1.807) is 19.2 Å². The van der Waals surface area contributed by atoms with E-state index in [2.05, 4.69) is 16.9 Å². The summed E-state index contributed by atoms with van der Waals surface area (Å²) in [6.45, 7) is 6.98. The Morgan fingerprint density at radius 3 is 2.59 bits per heavy atom. The number of nitrogens with one attached hydrogen (secondary N) is 1. The number of fused-ring (bicyclic) bond motifs is 1. The highest BCUT2D eigenvalue weighted by molar-refractivity contribution is 5.99. The van der Waals surface area contributed by atoms with Gasteiger partial charge in [-0.2, -0.15) is 5.26 Å². The van der Waals surface area contributed by atoms with Crippen LogP contribution in [-0.4, -0.2) is 41.6 Å². The molecule has 3 heterocycles. The van der Waals surface area contributed by atoms with Crippen molar-refractivity contribution in [1.82, 2.24) is 9.97 Å². The van der Waals surface area contributed by atoms with Crippen molar-refractivity contribution in [3.63, 3.8) is 0 Å². The summed E-state index contributed by atoms with van der Waals surface area (Å²) in [6.07, 6.45) is 1.54. The number of aromatic amines is 1. The fraction of sp³-hybridized carbons (Fsp3) is 0.500. The Bertz CT molecular complexity index is 979. The van der Waals surface area contributed by atoms with Crippen LogP contribution in [0, 0.1) is 17.2 Å². The first-order valence-corrected chi connectivity index (χ1v) is 9.11. The van der Waals surface area contributed by atoms with Crippen molar-refractivity contribution in [3.05, 3.63) is 33.7 Å². The third-order valence-electron chi connectivity index (χ3n) is 5.35.